The van der Waals surface area contributed by atoms with Crippen molar-refractivity contribution in [3.05, 3.63) is 29.6 Å². The predicted octanol–water partition coefficient (Wildman–Crippen LogP) is 1.64. The molecule has 2 unspecified atom stereocenters. The lowest BCUT2D eigenvalue weighted by molar-refractivity contribution is 0.533. The van der Waals surface area contributed by atoms with E-state index in [9.17, 15) is 4.21 Å². The van der Waals surface area contributed by atoms with Crippen molar-refractivity contribution in [2.45, 2.75) is 32.9 Å². The molecule has 1 aromatic heterocycles. The maximum Gasteiger partial charge on any atom is 0.0315 e. The van der Waals surface area contributed by atoms with E-state index in [1.54, 1.807) is 6.26 Å². The van der Waals surface area contributed by atoms with Gasteiger partial charge in [-0.05, 0) is 37.5 Å². The van der Waals surface area contributed by atoms with Crippen LogP contribution < -0.4 is 5.32 Å². The first kappa shape index (κ1) is 13.3. The minimum absolute atomic E-state index is 0.392. The Hall–Kier alpha value is -0.740. The Balaban J connectivity index is 2.34. The van der Waals surface area contributed by atoms with Crippen molar-refractivity contribution in [2.75, 3.05) is 12.0 Å². The predicted molar refractivity (Wildman–Crippen MR) is 68.8 cm³/mol. The molecule has 0 aliphatic rings. The Labute approximate surface area is 100 Å². The average molecular weight is 240 g/mol. The van der Waals surface area contributed by atoms with E-state index in [0.717, 1.165) is 18.7 Å². The smallest absolute Gasteiger partial charge is 0.0315 e. The van der Waals surface area contributed by atoms with Gasteiger partial charge in [-0.1, -0.05) is 0 Å². The highest BCUT2D eigenvalue weighted by atomic mass is 32.2. The van der Waals surface area contributed by atoms with E-state index in [2.05, 4.69) is 24.1 Å². The zero-order valence-corrected chi connectivity index (χ0v) is 11.0. The van der Waals surface area contributed by atoms with Crippen LogP contribution in [0.25, 0.3) is 0 Å². The summed E-state index contributed by atoms with van der Waals surface area (Å²) < 4.78 is 10.9. The van der Waals surface area contributed by atoms with Gasteiger partial charge in [0.15, 0.2) is 0 Å². The van der Waals surface area contributed by atoms with Crippen molar-refractivity contribution < 1.29 is 4.21 Å². The molecule has 3 nitrogen and oxygen atoms in total. The summed E-state index contributed by atoms with van der Waals surface area (Å²) in [5.41, 5.74) is 2.49. The molecule has 0 saturated carbocycles. The first-order chi connectivity index (χ1) is 7.59. The molecule has 0 bridgehead atoms. The summed E-state index contributed by atoms with van der Waals surface area (Å²) >= 11 is 0. The first-order valence-corrected chi connectivity index (χ1v) is 7.25. The van der Waals surface area contributed by atoms with Crippen molar-refractivity contribution in [3.63, 3.8) is 0 Å². The molecule has 4 heteroatoms. The Morgan fingerprint density at radius 2 is 2.31 bits per heavy atom. The number of aromatic nitrogens is 1. The van der Waals surface area contributed by atoms with E-state index in [1.807, 2.05) is 18.5 Å². The van der Waals surface area contributed by atoms with Gasteiger partial charge >= 0.3 is 0 Å². The molecule has 0 radical (unpaired) electrons. The van der Waals surface area contributed by atoms with Crippen LogP contribution >= 0.6 is 0 Å². The Morgan fingerprint density at radius 1 is 1.56 bits per heavy atom. The number of hydrogen-bond donors (Lipinski definition) is 1. The van der Waals surface area contributed by atoms with Crippen LogP contribution in [-0.4, -0.2) is 27.2 Å². The van der Waals surface area contributed by atoms with E-state index in [-0.39, 0.29) is 0 Å². The van der Waals surface area contributed by atoms with Crippen LogP contribution in [0.1, 0.15) is 24.5 Å². The van der Waals surface area contributed by atoms with Crippen LogP contribution in [0.3, 0.4) is 0 Å². The van der Waals surface area contributed by atoms with Gasteiger partial charge in [0, 0.05) is 47.8 Å². The number of aryl methyl sites for hydroxylation is 1. The third-order valence-corrected chi connectivity index (χ3v) is 3.44. The lowest BCUT2D eigenvalue weighted by Crippen LogP contribution is -2.27. The molecule has 1 heterocycles. The standard InChI is InChI=1S/C12H20N2OS/c1-10-4-6-13-8-12(10)9-14-11(2)5-7-16(3)15/h4,6,8,11,14H,5,7,9H2,1-3H3. The van der Waals surface area contributed by atoms with Crippen molar-refractivity contribution in [3.8, 4) is 0 Å². The Bertz CT molecular complexity index is 355. The van der Waals surface area contributed by atoms with E-state index in [0.29, 0.717) is 6.04 Å². The summed E-state index contributed by atoms with van der Waals surface area (Å²) in [5.74, 6) is 0.764. The van der Waals surface area contributed by atoms with Crippen LogP contribution in [0, 0.1) is 6.92 Å². The van der Waals surface area contributed by atoms with Gasteiger partial charge in [-0.25, -0.2) is 0 Å². The minimum Gasteiger partial charge on any atom is -0.310 e. The molecule has 0 aliphatic heterocycles. The largest absolute Gasteiger partial charge is 0.310 e. The Morgan fingerprint density at radius 3 is 2.94 bits per heavy atom. The van der Waals surface area contributed by atoms with Crippen molar-refractivity contribution in [2.24, 2.45) is 0 Å². The van der Waals surface area contributed by atoms with Crippen molar-refractivity contribution in [1.82, 2.24) is 10.3 Å². The number of rotatable bonds is 6. The van der Waals surface area contributed by atoms with Crippen LogP contribution in [0.5, 0.6) is 0 Å². The minimum atomic E-state index is -0.691. The monoisotopic (exact) mass is 240 g/mol. The van der Waals surface area contributed by atoms with Gasteiger partial charge in [-0.2, -0.15) is 0 Å². The van der Waals surface area contributed by atoms with E-state index < -0.39 is 10.8 Å². The zero-order chi connectivity index (χ0) is 12.0. The third kappa shape index (κ3) is 4.86. The second kappa shape index (κ2) is 6.76. The fraction of sp³-hybridized carbons (Fsp3) is 0.583. The fourth-order valence-corrected chi connectivity index (χ4v) is 2.10. The molecular weight excluding hydrogens is 220 g/mol. The summed E-state index contributed by atoms with van der Waals surface area (Å²) in [6.45, 7) is 5.04. The van der Waals surface area contributed by atoms with Crippen LogP contribution in [0.4, 0.5) is 0 Å². The molecule has 16 heavy (non-hydrogen) atoms. The summed E-state index contributed by atoms with van der Waals surface area (Å²) in [5, 5.41) is 3.42. The maximum atomic E-state index is 10.9. The average Bonchev–Trinajstić information content (AvgIpc) is 2.25. The van der Waals surface area contributed by atoms with Gasteiger partial charge in [-0.15, -0.1) is 0 Å². The van der Waals surface area contributed by atoms with Gasteiger partial charge in [-0.3, -0.25) is 9.19 Å². The summed E-state index contributed by atoms with van der Waals surface area (Å²) in [6.07, 6.45) is 6.40. The van der Waals surface area contributed by atoms with Gasteiger partial charge in [0.2, 0.25) is 0 Å². The summed E-state index contributed by atoms with van der Waals surface area (Å²) in [7, 11) is -0.691. The molecule has 0 aliphatic carbocycles. The second-order valence-electron chi connectivity index (χ2n) is 4.15. The maximum absolute atomic E-state index is 10.9. The molecule has 0 amide bonds. The van der Waals surface area contributed by atoms with Crippen molar-refractivity contribution in [1.29, 1.82) is 0 Å². The van der Waals surface area contributed by atoms with E-state index in [4.69, 9.17) is 0 Å². The second-order valence-corrected chi connectivity index (χ2v) is 5.70. The number of nitrogens with zero attached hydrogens (tertiary/aromatic N) is 1. The fourth-order valence-electron chi connectivity index (χ4n) is 1.41. The highest BCUT2D eigenvalue weighted by Crippen LogP contribution is 2.05. The number of pyridine rings is 1. The topological polar surface area (TPSA) is 42.0 Å². The van der Waals surface area contributed by atoms with Crippen LogP contribution in [-0.2, 0) is 17.3 Å². The van der Waals surface area contributed by atoms with Crippen LogP contribution in [0.2, 0.25) is 0 Å². The van der Waals surface area contributed by atoms with Gasteiger partial charge in [0.05, 0.1) is 0 Å². The lowest BCUT2D eigenvalue weighted by atomic mass is 10.1. The van der Waals surface area contributed by atoms with E-state index >= 15 is 0 Å². The first-order valence-electron chi connectivity index (χ1n) is 5.52. The molecule has 0 fully saturated rings. The molecule has 0 aromatic carbocycles. The third-order valence-electron chi connectivity index (χ3n) is 2.63. The molecular formula is C12H20N2OS. The molecule has 1 N–H and O–H groups in total. The zero-order valence-electron chi connectivity index (χ0n) is 10.2. The molecule has 1 rings (SSSR count). The molecule has 1 aromatic rings. The van der Waals surface area contributed by atoms with Gasteiger partial charge < -0.3 is 5.32 Å². The normalized spacial score (nSPS) is 14.7. The quantitative estimate of drug-likeness (QED) is 0.822. The SMILES string of the molecule is Cc1ccncc1CNC(C)CCS(C)=O. The number of nitrogens with one attached hydrogen (secondary N) is 1. The van der Waals surface area contributed by atoms with Gasteiger partial charge in [0.25, 0.3) is 0 Å². The molecule has 2 atom stereocenters. The molecule has 0 spiro atoms. The van der Waals surface area contributed by atoms with Gasteiger partial charge in [0.1, 0.15) is 0 Å². The van der Waals surface area contributed by atoms with Crippen molar-refractivity contribution >= 4 is 10.8 Å². The lowest BCUT2D eigenvalue weighted by Gasteiger charge is -2.13. The highest BCUT2D eigenvalue weighted by molar-refractivity contribution is 7.84. The van der Waals surface area contributed by atoms with Crippen LogP contribution in [0.15, 0.2) is 18.5 Å². The molecule has 0 saturated heterocycles. The summed E-state index contributed by atoms with van der Waals surface area (Å²) in [6, 6.07) is 2.41. The highest BCUT2D eigenvalue weighted by Gasteiger charge is 2.04. The van der Waals surface area contributed by atoms with E-state index in [1.165, 1.54) is 11.1 Å². The Kier molecular flexibility index (Phi) is 5.63. The number of hydrogen-bond acceptors (Lipinski definition) is 3. The summed E-state index contributed by atoms with van der Waals surface area (Å²) in [4.78, 5) is 4.11. The molecule has 90 valence electrons.